The van der Waals surface area contributed by atoms with Crippen LogP contribution in [-0.2, 0) is 14.8 Å². The normalized spacial score (nSPS) is 18.5. The van der Waals surface area contributed by atoms with Crippen LogP contribution in [0.4, 0.5) is 0 Å². The fourth-order valence-electron chi connectivity index (χ4n) is 3.74. The number of nitrogens with one attached hydrogen (secondary N) is 1. The van der Waals surface area contributed by atoms with Crippen molar-refractivity contribution in [2.24, 2.45) is 0 Å². The molecular weight excluding hydrogens is 336 g/mol. The van der Waals surface area contributed by atoms with E-state index in [-0.39, 0.29) is 18.9 Å². The molecule has 0 saturated heterocycles. The summed E-state index contributed by atoms with van der Waals surface area (Å²) >= 11 is 0. The molecule has 1 amide bonds. The number of nitrogens with zero attached hydrogens (tertiary/aromatic N) is 1. The van der Waals surface area contributed by atoms with Gasteiger partial charge in [-0.3, -0.25) is 4.79 Å². The van der Waals surface area contributed by atoms with Gasteiger partial charge in [-0.15, -0.1) is 0 Å². The van der Waals surface area contributed by atoms with Crippen molar-refractivity contribution in [2.75, 3.05) is 6.54 Å². The van der Waals surface area contributed by atoms with E-state index < -0.39 is 10.0 Å². The number of aryl methyl sites for hydroxylation is 2. The maximum absolute atomic E-state index is 12.6. The molecule has 6 heteroatoms. The predicted molar refractivity (Wildman–Crippen MR) is 97.8 cm³/mol. The molecule has 0 heterocycles. The second-order valence-electron chi connectivity index (χ2n) is 7.39. The van der Waals surface area contributed by atoms with Gasteiger partial charge in [-0.2, -0.15) is 0 Å². The third-order valence-electron chi connectivity index (χ3n) is 5.21. The van der Waals surface area contributed by atoms with E-state index in [1.807, 2.05) is 19.1 Å². The first-order chi connectivity index (χ1) is 11.9. The average Bonchev–Trinajstić information content (AvgIpc) is 3.23. The number of rotatable bonds is 7. The van der Waals surface area contributed by atoms with Crippen molar-refractivity contribution in [3.63, 3.8) is 0 Å². The van der Waals surface area contributed by atoms with E-state index in [2.05, 4.69) is 9.62 Å². The molecule has 5 nitrogen and oxygen atoms in total. The third-order valence-corrected chi connectivity index (χ3v) is 6.81. The number of sulfonamides is 1. The summed E-state index contributed by atoms with van der Waals surface area (Å²) in [4.78, 5) is 15.0. The van der Waals surface area contributed by atoms with Gasteiger partial charge in [-0.25, -0.2) is 13.1 Å². The van der Waals surface area contributed by atoms with Crippen LogP contribution < -0.4 is 4.72 Å². The Morgan fingerprint density at radius 1 is 1.12 bits per heavy atom. The second-order valence-corrected chi connectivity index (χ2v) is 9.12. The SMILES string of the molecule is Cc1ccc(C)c(S(=O)(=O)NCCC(=O)N(C2CCCC2)C2CC2)c1. The van der Waals surface area contributed by atoms with Gasteiger partial charge in [-0.1, -0.05) is 25.0 Å². The summed E-state index contributed by atoms with van der Waals surface area (Å²) in [6.07, 6.45) is 7.00. The Hall–Kier alpha value is -1.40. The second kappa shape index (κ2) is 7.46. The molecule has 2 saturated carbocycles. The van der Waals surface area contributed by atoms with Crippen LogP contribution in [0.1, 0.15) is 56.1 Å². The van der Waals surface area contributed by atoms with Crippen molar-refractivity contribution in [1.29, 1.82) is 0 Å². The van der Waals surface area contributed by atoms with Crippen LogP contribution in [0.25, 0.3) is 0 Å². The zero-order chi connectivity index (χ0) is 18.0. The molecule has 25 heavy (non-hydrogen) atoms. The molecule has 138 valence electrons. The Morgan fingerprint density at radius 2 is 1.76 bits per heavy atom. The minimum absolute atomic E-state index is 0.0954. The molecule has 0 aromatic heterocycles. The fraction of sp³-hybridized carbons (Fsp3) is 0.632. The molecule has 0 unspecified atom stereocenters. The van der Waals surface area contributed by atoms with E-state index in [0.29, 0.717) is 17.0 Å². The van der Waals surface area contributed by atoms with E-state index in [4.69, 9.17) is 0 Å². The topological polar surface area (TPSA) is 66.5 Å². The number of carbonyl (C=O) groups excluding carboxylic acids is 1. The Kier molecular flexibility index (Phi) is 5.49. The summed E-state index contributed by atoms with van der Waals surface area (Å²) in [6.45, 7) is 3.82. The van der Waals surface area contributed by atoms with Crippen molar-refractivity contribution < 1.29 is 13.2 Å². The summed E-state index contributed by atoms with van der Waals surface area (Å²) in [6, 6.07) is 6.15. The van der Waals surface area contributed by atoms with Crippen LogP contribution in [0, 0.1) is 13.8 Å². The maximum atomic E-state index is 12.6. The van der Waals surface area contributed by atoms with Crippen LogP contribution in [0.5, 0.6) is 0 Å². The van der Waals surface area contributed by atoms with Gasteiger partial charge < -0.3 is 4.90 Å². The lowest BCUT2D eigenvalue weighted by Crippen LogP contribution is -2.42. The Balaban J connectivity index is 1.59. The molecule has 0 aliphatic heterocycles. The van der Waals surface area contributed by atoms with Crippen LogP contribution in [0.3, 0.4) is 0 Å². The molecule has 1 N–H and O–H groups in total. The summed E-state index contributed by atoms with van der Waals surface area (Å²) in [7, 11) is -3.58. The van der Waals surface area contributed by atoms with E-state index in [0.717, 1.165) is 36.8 Å². The van der Waals surface area contributed by atoms with Crippen molar-refractivity contribution in [1.82, 2.24) is 9.62 Å². The fourth-order valence-corrected chi connectivity index (χ4v) is 5.10. The van der Waals surface area contributed by atoms with Crippen molar-refractivity contribution >= 4 is 15.9 Å². The summed E-state index contributed by atoms with van der Waals surface area (Å²) < 4.78 is 27.6. The van der Waals surface area contributed by atoms with Gasteiger partial charge in [0.25, 0.3) is 0 Å². The van der Waals surface area contributed by atoms with E-state index >= 15 is 0 Å². The first kappa shape index (κ1) is 18.4. The number of amides is 1. The maximum Gasteiger partial charge on any atom is 0.240 e. The van der Waals surface area contributed by atoms with Crippen LogP contribution in [-0.4, -0.2) is 37.9 Å². The molecule has 3 rings (SSSR count). The molecule has 2 aliphatic carbocycles. The van der Waals surface area contributed by atoms with Gasteiger partial charge in [0.2, 0.25) is 15.9 Å². The first-order valence-electron chi connectivity index (χ1n) is 9.26. The highest BCUT2D eigenvalue weighted by atomic mass is 32.2. The standard InChI is InChI=1S/C19H28N2O3S/c1-14-7-8-15(2)18(13-14)25(23,24)20-12-11-19(22)21(17-9-10-17)16-5-3-4-6-16/h7-8,13,16-17,20H,3-6,9-12H2,1-2H3. The van der Waals surface area contributed by atoms with E-state index in [1.54, 1.807) is 13.0 Å². The monoisotopic (exact) mass is 364 g/mol. The highest BCUT2D eigenvalue weighted by Gasteiger charge is 2.37. The minimum Gasteiger partial charge on any atom is -0.337 e. The first-order valence-corrected chi connectivity index (χ1v) is 10.7. The molecule has 1 aromatic carbocycles. The lowest BCUT2D eigenvalue weighted by Gasteiger charge is -2.29. The highest BCUT2D eigenvalue weighted by Crippen LogP contribution is 2.34. The van der Waals surface area contributed by atoms with Gasteiger partial charge in [0.05, 0.1) is 4.90 Å². The van der Waals surface area contributed by atoms with Crippen molar-refractivity contribution in [2.45, 2.75) is 75.8 Å². The Labute approximate surface area is 150 Å². The Morgan fingerprint density at radius 3 is 2.40 bits per heavy atom. The molecular formula is C19H28N2O3S. The molecule has 2 aliphatic rings. The van der Waals surface area contributed by atoms with Crippen molar-refractivity contribution in [3.8, 4) is 0 Å². The lowest BCUT2D eigenvalue weighted by atomic mass is 10.2. The van der Waals surface area contributed by atoms with Crippen LogP contribution in [0.2, 0.25) is 0 Å². The van der Waals surface area contributed by atoms with E-state index in [1.165, 1.54) is 12.8 Å². The van der Waals surface area contributed by atoms with Gasteiger partial charge in [0.15, 0.2) is 0 Å². The van der Waals surface area contributed by atoms with Crippen LogP contribution >= 0.6 is 0 Å². The molecule has 2 fully saturated rings. The molecule has 0 bridgehead atoms. The van der Waals surface area contributed by atoms with Gasteiger partial charge >= 0.3 is 0 Å². The van der Waals surface area contributed by atoms with E-state index in [9.17, 15) is 13.2 Å². The zero-order valence-electron chi connectivity index (χ0n) is 15.1. The minimum atomic E-state index is -3.58. The smallest absolute Gasteiger partial charge is 0.240 e. The van der Waals surface area contributed by atoms with Gasteiger partial charge in [0, 0.05) is 25.0 Å². The van der Waals surface area contributed by atoms with Gasteiger partial charge in [0.1, 0.15) is 0 Å². The third kappa shape index (κ3) is 4.42. The average molecular weight is 365 g/mol. The molecule has 0 atom stereocenters. The number of benzene rings is 1. The molecule has 0 radical (unpaired) electrons. The number of hydrogen-bond acceptors (Lipinski definition) is 3. The zero-order valence-corrected chi connectivity index (χ0v) is 15.9. The Bertz CT molecular complexity index is 735. The summed E-state index contributed by atoms with van der Waals surface area (Å²) in [5, 5.41) is 0. The predicted octanol–water partition coefficient (Wildman–Crippen LogP) is 2.91. The number of carbonyl (C=O) groups is 1. The largest absolute Gasteiger partial charge is 0.337 e. The van der Waals surface area contributed by atoms with Crippen molar-refractivity contribution in [3.05, 3.63) is 29.3 Å². The lowest BCUT2D eigenvalue weighted by molar-refractivity contribution is -0.133. The summed E-state index contributed by atoms with van der Waals surface area (Å²) in [5.74, 6) is 0.0954. The number of hydrogen-bond donors (Lipinski definition) is 1. The van der Waals surface area contributed by atoms with Crippen LogP contribution in [0.15, 0.2) is 23.1 Å². The summed E-state index contributed by atoms with van der Waals surface area (Å²) in [5.41, 5.74) is 1.62. The molecule has 0 spiro atoms. The van der Waals surface area contributed by atoms with Gasteiger partial charge in [-0.05, 0) is 56.7 Å². The highest BCUT2D eigenvalue weighted by molar-refractivity contribution is 7.89. The molecule has 1 aromatic rings. The quantitative estimate of drug-likeness (QED) is 0.809.